The van der Waals surface area contributed by atoms with Gasteiger partial charge in [-0.05, 0) is 25.5 Å². The highest BCUT2D eigenvalue weighted by Crippen LogP contribution is 2.19. The monoisotopic (exact) mass is 358 g/mol. The van der Waals surface area contributed by atoms with Crippen molar-refractivity contribution in [1.82, 2.24) is 30.0 Å². The first-order valence-corrected chi connectivity index (χ1v) is 8.88. The topological polar surface area (TPSA) is 106 Å². The molecule has 0 radical (unpaired) electrons. The third-order valence-corrected chi connectivity index (χ3v) is 4.65. The van der Waals surface area contributed by atoms with Crippen molar-refractivity contribution >= 4 is 28.6 Å². The minimum Gasteiger partial charge on any atom is -0.353 e. The molecule has 0 aliphatic carbocycles. The van der Waals surface area contributed by atoms with E-state index in [-0.39, 0.29) is 29.2 Å². The molecular weight excluding hydrogens is 340 g/mol. The number of para-hydroxylation sites is 1. The van der Waals surface area contributed by atoms with Crippen LogP contribution in [0.2, 0.25) is 0 Å². The number of aromatic nitrogens is 5. The van der Waals surface area contributed by atoms with E-state index in [9.17, 15) is 9.59 Å². The Hall–Kier alpha value is -2.68. The number of aromatic amines is 1. The minimum absolute atomic E-state index is 0.106. The van der Waals surface area contributed by atoms with Crippen LogP contribution in [-0.2, 0) is 4.79 Å². The Morgan fingerprint density at radius 3 is 2.92 bits per heavy atom. The number of hydrogen-bond acceptors (Lipinski definition) is 6. The predicted molar refractivity (Wildman–Crippen MR) is 95.9 cm³/mol. The molecule has 130 valence electrons. The lowest BCUT2D eigenvalue weighted by Crippen LogP contribution is -2.33. The molecule has 0 saturated heterocycles. The van der Waals surface area contributed by atoms with Gasteiger partial charge in [-0.1, -0.05) is 30.8 Å². The third-order valence-electron chi connectivity index (χ3n) is 3.71. The van der Waals surface area contributed by atoms with Crippen LogP contribution in [0, 0.1) is 0 Å². The van der Waals surface area contributed by atoms with E-state index in [1.54, 1.807) is 18.2 Å². The number of thioether (sulfide) groups is 1. The average molecular weight is 358 g/mol. The summed E-state index contributed by atoms with van der Waals surface area (Å²) < 4.78 is 1.34. The molecule has 1 aromatic carbocycles. The quantitative estimate of drug-likeness (QED) is 0.511. The number of rotatable bonds is 6. The van der Waals surface area contributed by atoms with E-state index in [0.717, 1.165) is 6.42 Å². The van der Waals surface area contributed by atoms with E-state index >= 15 is 0 Å². The number of nitrogens with one attached hydrogen (secondary N) is 2. The number of H-pyrrole nitrogens is 1. The molecule has 1 atom stereocenters. The molecule has 3 rings (SSSR count). The number of hydrogen-bond donors (Lipinski definition) is 2. The van der Waals surface area contributed by atoms with Gasteiger partial charge in [0.05, 0.1) is 16.7 Å². The van der Waals surface area contributed by atoms with Crippen LogP contribution < -0.4 is 10.9 Å². The van der Waals surface area contributed by atoms with Crippen molar-refractivity contribution < 1.29 is 4.79 Å². The molecule has 0 aliphatic heterocycles. The Balaban J connectivity index is 1.97. The molecule has 25 heavy (non-hydrogen) atoms. The highest BCUT2D eigenvalue weighted by atomic mass is 32.2. The lowest BCUT2D eigenvalue weighted by Gasteiger charge is -2.12. The van der Waals surface area contributed by atoms with Crippen LogP contribution in [0.4, 0.5) is 0 Å². The van der Waals surface area contributed by atoms with Gasteiger partial charge in [-0.2, -0.15) is 10.1 Å². The van der Waals surface area contributed by atoms with Crippen molar-refractivity contribution in [1.29, 1.82) is 0 Å². The van der Waals surface area contributed by atoms with Crippen LogP contribution in [-0.4, -0.2) is 42.4 Å². The molecule has 0 fully saturated rings. The van der Waals surface area contributed by atoms with Gasteiger partial charge in [-0.3, -0.25) is 9.59 Å². The van der Waals surface area contributed by atoms with E-state index in [4.69, 9.17) is 0 Å². The second kappa shape index (κ2) is 7.47. The number of amides is 1. The lowest BCUT2D eigenvalue weighted by molar-refractivity contribution is -0.119. The summed E-state index contributed by atoms with van der Waals surface area (Å²) >= 11 is 1.19. The summed E-state index contributed by atoms with van der Waals surface area (Å²) in [6.45, 7) is 3.95. The van der Waals surface area contributed by atoms with Gasteiger partial charge in [0, 0.05) is 6.04 Å². The van der Waals surface area contributed by atoms with Crippen LogP contribution in [0.25, 0.3) is 16.9 Å². The number of benzene rings is 1. The zero-order chi connectivity index (χ0) is 17.8. The lowest BCUT2D eigenvalue weighted by atomic mass is 10.2. The molecular formula is C16H18N6O2S. The minimum atomic E-state index is -0.257. The Morgan fingerprint density at radius 1 is 1.40 bits per heavy atom. The van der Waals surface area contributed by atoms with Gasteiger partial charge in [0.2, 0.25) is 11.9 Å². The average Bonchev–Trinajstić information content (AvgIpc) is 3.14. The van der Waals surface area contributed by atoms with Crippen LogP contribution in [0.15, 0.2) is 40.5 Å². The summed E-state index contributed by atoms with van der Waals surface area (Å²) in [6, 6.07) is 7.18. The molecule has 0 spiro atoms. The van der Waals surface area contributed by atoms with Gasteiger partial charge in [-0.25, -0.2) is 14.6 Å². The summed E-state index contributed by atoms with van der Waals surface area (Å²) in [6.07, 6.45) is 2.18. The fraction of sp³-hybridized carbons (Fsp3) is 0.312. The molecule has 0 unspecified atom stereocenters. The SMILES string of the molecule is CC[C@@H](C)NC(=O)CSc1nc2ccccc2c(=O)n1-c1ncn[nH]1. The molecule has 0 bridgehead atoms. The van der Waals surface area contributed by atoms with Crippen LogP contribution in [0.5, 0.6) is 0 Å². The Morgan fingerprint density at radius 2 is 2.20 bits per heavy atom. The van der Waals surface area contributed by atoms with Crippen LogP contribution in [0.3, 0.4) is 0 Å². The summed E-state index contributed by atoms with van der Waals surface area (Å²) in [7, 11) is 0. The van der Waals surface area contributed by atoms with E-state index in [1.165, 1.54) is 22.7 Å². The zero-order valence-electron chi connectivity index (χ0n) is 13.9. The smallest absolute Gasteiger partial charge is 0.269 e. The molecule has 8 nitrogen and oxygen atoms in total. The molecule has 1 amide bonds. The molecule has 9 heteroatoms. The molecule has 0 saturated carbocycles. The van der Waals surface area contributed by atoms with Gasteiger partial charge < -0.3 is 5.32 Å². The van der Waals surface area contributed by atoms with Crippen LogP contribution in [0.1, 0.15) is 20.3 Å². The Bertz CT molecular complexity index is 937. The van der Waals surface area contributed by atoms with Crippen molar-refractivity contribution in [2.45, 2.75) is 31.5 Å². The summed E-state index contributed by atoms with van der Waals surface area (Å²) in [5.74, 6) is 0.322. The molecule has 3 aromatic rings. The summed E-state index contributed by atoms with van der Waals surface area (Å²) in [5, 5.41) is 10.2. The number of carbonyl (C=O) groups excluding carboxylic acids is 1. The maximum Gasteiger partial charge on any atom is 0.269 e. The first kappa shape index (κ1) is 17.2. The highest BCUT2D eigenvalue weighted by molar-refractivity contribution is 7.99. The second-order valence-corrected chi connectivity index (χ2v) is 6.47. The first-order valence-electron chi connectivity index (χ1n) is 7.89. The van der Waals surface area contributed by atoms with Gasteiger partial charge in [0.1, 0.15) is 6.33 Å². The third kappa shape index (κ3) is 3.71. The number of carbonyl (C=O) groups is 1. The van der Waals surface area contributed by atoms with Crippen molar-refractivity contribution in [3.05, 3.63) is 40.9 Å². The summed E-state index contributed by atoms with van der Waals surface area (Å²) in [5.41, 5.74) is 0.320. The van der Waals surface area contributed by atoms with E-state index in [0.29, 0.717) is 16.1 Å². The number of nitrogens with zero attached hydrogens (tertiary/aromatic N) is 4. The summed E-state index contributed by atoms with van der Waals surface area (Å²) in [4.78, 5) is 33.5. The largest absolute Gasteiger partial charge is 0.353 e. The highest BCUT2D eigenvalue weighted by Gasteiger charge is 2.16. The Labute approximate surface area is 148 Å². The standard InChI is InChI=1S/C16H18N6O2S/c1-3-10(2)19-13(23)8-25-16-20-12-7-5-4-6-11(12)14(24)22(16)15-17-9-18-21-15/h4-7,9-10H,3,8H2,1-2H3,(H,19,23)(H,17,18,21)/t10-/m1/s1. The van der Waals surface area contributed by atoms with Gasteiger partial charge in [0.15, 0.2) is 5.16 Å². The zero-order valence-corrected chi connectivity index (χ0v) is 14.7. The van der Waals surface area contributed by atoms with Gasteiger partial charge in [0.25, 0.3) is 5.56 Å². The first-order chi connectivity index (χ1) is 12.1. The van der Waals surface area contributed by atoms with Crippen molar-refractivity contribution in [2.24, 2.45) is 0 Å². The predicted octanol–water partition coefficient (Wildman–Crippen LogP) is 1.51. The second-order valence-electron chi connectivity index (χ2n) is 5.53. The van der Waals surface area contributed by atoms with E-state index in [1.807, 2.05) is 19.9 Å². The fourth-order valence-electron chi connectivity index (χ4n) is 2.25. The molecule has 2 N–H and O–H groups in total. The molecule has 2 aromatic heterocycles. The van der Waals surface area contributed by atoms with Crippen LogP contribution >= 0.6 is 11.8 Å². The maximum absolute atomic E-state index is 12.8. The van der Waals surface area contributed by atoms with E-state index in [2.05, 4.69) is 25.5 Å². The molecule has 0 aliphatic rings. The van der Waals surface area contributed by atoms with E-state index < -0.39 is 0 Å². The maximum atomic E-state index is 12.8. The molecule has 2 heterocycles. The van der Waals surface area contributed by atoms with Crippen molar-refractivity contribution in [3.8, 4) is 5.95 Å². The van der Waals surface area contributed by atoms with Crippen molar-refractivity contribution in [2.75, 3.05) is 5.75 Å². The van der Waals surface area contributed by atoms with Gasteiger partial charge >= 0.3 is 0 Å². The fourth-order valence-corrected chi connectivity index (χ4v) is 3.06. The Kier molecular flexibility index (Phi) is 5.13. The van der Waals surface area contributed by atoms with Crippen molar-refractivity contribution in [3.63, 3.8) is 0 Å². The number of fused-ring (bicyclic) bond motifs is 1. The normalized spacial score (nSPS) is 12.2. The van der Waals surface area contributed by atoms with Gasteiger partial charge in [-0.15, -0.1) is 0 Å².